The maximum absolute atomic E-state index is 11.3. The minimum absolute atomic E-state index is 0.292. The summed E-state index contributed by atoms with van der Waals surface area (Å²) >= 11 is 0. The lowest BCUT2D eigenvalue weighted by molar-refractivity contribution is 0.1000. The van der Waals surface area contributed by atoms with Crippen LogP contribution in [-0.2, 0) is 0 Å². The predicted molar refractivity (Wildman–Crippen MR) is 46.8 cm³/mol. The lowest BCUT2D eigenvalue weighted by Crippen LogP contribution is -2.02. The van der Waals surface area contributed by atoms with Crippen molar-refractivity contribution in [2.75, 3.05) is 0 Å². The number of carbonyl (C=O) groups excluding carboxylic acids is 1. The third-order valence-corrected chi connectivity index (χ3v) is 1.54. The maximum atomic E-state index is 11.3. The van der Waals surface area contributed by atoms with Gasteiger partial charge in [0.1, 0.15) is 5.56 Å². The number of ether oxygens (including phenoxy) is 1. The molecule has 2 heterocycles. The van der Waals surface area contributed by atoms with E-state index in [2.05, 4.69) is 9.98 Å². The van der Waals surface area contributed by atoms with E-state index in [1.807, 2.05) is 0 Å². The molecule has 13 heavy (non-hydrogen) atoms. The number of fused-ring (bicyclic) bond motifs is 1. The lowest BCUT2D eigenvalue weighted by atomic mass is 10.2. The first kappa shape index (κ1) is 7.67. The highest BCUT2D eigenvalue weighted by Gasteiger charge is 2.11. The average molecular weight is 174 g/mol. The molecule has 0 fully saturated rings. The van der Waals surface area contributed by atoms with Gasteiger partial charge in [0.05, 0.1) is 6.26 Å². The molecule has 0 bridgehead atoms. The summed E-state index contributed by atoms with van der Waals surface area (Å²) in [4.78, 5) is 18.9. The lowest BCUT2D eigenvalue weighted by Gasteiger charge is -2.04. The van der Waals surface area contributed by atoms with E-state index in [0.29, 0.717) is 11.4 Å². The van der Waals surface area contributed by atoms with E-state index in [4.69, 9.17) is 4.74 Å². The number of allylic oxidation sites excluding steroid dienone is 1. The Kier molecular flexibility index (Phi) is 1.88. The normalized spacial score (nSPS) is 16.8. The summed E-state index contributed by atoms with van der Waals surface area (Å²) in [5.41, 5.74) is 0.378. The van der Waals surface area contributed by atoms with E-state index in [9.17, 15) is 4.79 Å². The fourth-order valence-corrected chi connectivity index (χ4v) is 0.967. The molecule has 1 aliphatic rings. The van der Waals surface area contributed by atoms with Gasteiger partial charge >= 0.3 is 0 Å². The molecule has 4 nitrogen and oxygen atoms in total. The molecule has 0 aromatic carbocycles. The zero-order valence-electron chi connectivity index (χ0n) is 6.68. The van der Waals surface area contributed by atoms with E-state index in [-0.39, 0.29) is 5.91 Å². The predicted octanol–water partition coefficient (Wildman–Crippen LogP) is 1.20. The van der Waals surface area contributed by atoms with E-state index in [0.717, 1.165) is 0 Å². The van der Waals surface area contributed by atoms with Crippen molar-refractivity contribution in [1.82, 2.24) is 4.98 Å². The van der Waals surface area contributed by atoms with Gasteiger partial charge in [0.25, 0.3) is 5.91 Å². The van der Waals surface area contributed by atoms with Crippen LogP contribution in [0.4, 0.5) is 0 Å². The number of hydrogen-bond donors (Lipinski definition) is 0. The molecular formula is C9H6N2O2. The quantitative estimate of drug-likeness (QED) is 0.593. The second-order valence-corrected chi connectivity index (χ2v) is 2.39. The SMILES string of the molecule is O=C1N=C/C=C\Oc2ncccc21. The summed E-state index contributed by atoms with van der Waals surface area (Å²) in [6, 6.07) is 3.29. The molecule has 1 aromatic heterocycles. The fraction of sp³-hybridized carbons (Fsp3) is 0. The van der Waals surface area contributed by atoms with Gasteiger partial charge < -0.3 is 4.74 Å². The van der Waals surface area contributed by atoms with Crippen LogP contribution in [0.25, 0.3) is 0 Å². The average Bonchev–Trinajstić information content (AvgIpc) is 2.14. The van der Waals surface area contributed by atoms with Gasteiger partial charge in [0.2, 0.25) is 5.88 Å². The van der Waals surface area contributed by atoms with Gasteiger partial charge in [-0.2, -0.15) is 0 Å². The van der Waals surface area contributed by atoms with Crippen LogP contribution in [-0.4, -0.2) is 17.1 Å². The minimum atomic E-state index is -0.340. The first-order valence-corrected chi connectivity index (χ1v) is 3.73. The van der Waals surface area contributed by atoms with Crippen molar-refractivity contribution in [3.63, 3.8) is 0 Å². The number of amides is 1. The molecule has 0 unspecified atom stereocenters. The molecule has 0 aliphatic carbocycles. The van der Waals surface area contributed by atoms with Gasteiger partial charge in [0, 0.05) is 12.4 Å². The molecule has 0 saturated heterocycles. The topological polar surface area (TPSA) is 51.5 Å². The molecule has 2 rings (SSSR count). The van der Waals surface area contributed by atoms with Crippen molar-refractivity contribution in [3.05, 3.63) is 36.2 Å². The number of aliphatic imine (C=N–C) groups is 1. The highest BCUT2D eigenvalue weighted by Crippen LogP contribution is 2.16. The molecule has 1 aromatic rings. The second kappa shape index (κ2) is 3.18. The molecular weight excluding hydrogens is 168 g/mol. The van der Waals surface area contributed by atoms with Crippen LogP contribution in [0.2, 0.25) is 0 Å². The third kappa shape index (κ3) is 1.46. The standard InChI is InChI=1S/C9H6N2O2/c12-8-7-3-1-4-11-9(7)13-6-2-5-10-8/h1-6H/b6-2-,10-5?. The Bertz CT molecular complexity index is 396. The van der Waals surface area contributed by atoms with E-state index in [1.54, 1.807) is 18.3 Å². The molecule has 0 spiro atoms. The molecule has 64 valence electrons. The third-order valence-electron chi connectivity index (χ3n) is 1.54. The highest BCUT2D eigenvalue weighted by molar-refractivity contribution is 6.02. The summed E-state index contributed by atoms with van der Waals surface area (Å²) in [7, 11) is 0. The van der Waals surface area contributed by atoms with Crippen LogP contribution in [0.1, 0.15) is 10.4 Å². The molecule has 0 radical (unpaired) electrons. The first-order valence-electron chi connectivity index (χ1n) is 3.73. The Morgan fingerprint density at radius 3 is 3.23 bits per heavy atom. The van der Waals surface area contributed by atoms with Gasteiger partial charge in [-0.3, -0.25) is 4.79 Å². The van der Waals surface area contributed by atoms with Crippen molar-refractivity contribution >= 4 is 12.1 Å². The van der Waals surface area contributed by atoms with Crippen molar-refractivity contribution in [2.45, 2.75) is 0 Å². The van der Waals surface area contributed by atoms with Crippen LogP contribution >= 0.6 is 0 Å². The molecule has 1 aliphatic heterocycles. The maximum Gasteiger partial charge on any atom is 0.282 e. The summed E-state index contributed by atoms with van der Waals surface area (Å²) in [6.07, 6.45) is 5.92. The summed E-state index contributed by atoms with van der Waals surface area (Å²) in [5, 5.41) is 0. The number of hydrogen-bond acceptors (Lipinski definition) is 3. The number of carbonyl (C=O) groups is 1. The van der Waals surface area contributed by atoms with Crippen LogP contribution in [0.15, 0.2) is 35.7 Å². The largest absolute Gasteiger partial charge is 0.446 e. The van der Waals surface area contributed by atoms with Gasteiger partial charge in [-0.25, -0.2) is 9.98 Å². The van der Waals surface area contributed by atoms with Crippen LogP contribution in [0.3, 0.4) is 0 Å². The monoisotopic (exact) mass is 174 g/mol. The Balaban J connectivity index is 2.54. The highest BCUT2D eigenvalue weighted by atomic mass is 16.5. The Labute approximate surface area is 74.6 Å². The van der Waals surface area contributed by atoms with Crippen molar-refractivity contribution in [3.8, 4) is 5.88 Å². The molecule has 1 amide bonds. The Hall–Kier alpha value is -1.97. The second-order valence-electron chi connectivity index (χ2n) is 2.39. The van der Waals surface area contributed by atoms with Crippen molar-refractivity contribution in [2.24, 2.45) is 4.99 Å². The Morgan fingerprint density at radius 2 is 2.31 bits per heavy atom. The van der Waals surface area contributed by atoms with Crippen LogP contribution in [0, 0.1) is 0 Å². The summed E-state index contributed by atoms with van der Waals surface area (Å²) in [5.74, 6) is -0.0481. The summed E-state index contributed by atoms with van der Waals surface area (Å²) in [6.45, 7) is 0. The number of aromatic nitrogens is 1. The number of nitrogens with zero attached hydrogens (tertiary/aromatic N) is 2. The van der Waals surface area contributed by atoms with Crippen molar-refractivity contribution < 1.29 is 9.53 Å². The van der Waals surface area contributed by atoms with Gasteiger partial charge in [-0.05, 0) is 18.2 Å². The molecule has 0 saturated carbocycles. The van der Waals surface area contributed by atoms with Crippen LogP contribution in [0.5, 0.6) is 5.88 Å². The van der Waals surface area contributed by atoms with E-state index < -0.39 is 0 Å². The Morgan fingerprint density at radius 1 is 1.38 bits per heavy atom. The smallest absolute Gasteiger partial charge is 0.282 e. The summed E-state index contributed by atoms with van der Waals surface area (Å²) < 4.78 is 5.10. The molecule has 0 atom stereocenters. The van der Waals surface area contributed by atoms with Gasteiger partial charge in [-0.15, -0.1) is 0 Å². The zero-order valence-corrected chi connectivity index (χ0v) is 6.68. The van der Waals surface area contributed by atoms with E-state index >= 15 is 0 Å². The first-order chi connectivity index (χ1) is 6.38. The molecule has 0 N–H and O–H groups in total. The molecule has 4 heteroatoms. The van der Waals surface area contributed by atoms with Crippen molar-refractivity contribution in [1.29, 1.82) is 0 Å². The van der Waals surface area contributed by atoms with Gasteiger partial charge in [0.15, 0.2) is 0 Å². The minimum Gasteiger partial charge on any atom is -0.446 e. The number of rotatable bonds is 0. The van der Waals surface area contributed by atoms with E-state index in [1.165, 1.54) is 18.6 Å². The fourth-order valence-electron chi connectivity index (χ4n) is 0.967. The van der Waals surface area contributed by atoms with Crippen LogP contribution < -0.4 is 4.74 Å². The number of pyridine rings is 1. The zero-order chi connectivity index (χ0) is 9.10. The van der Waals surface area contributed by atoms with Gasteiger partial charge in [-0.1, -0.05) is 0 Å².